The summed E-state index contributed by atoms with van der Waals surface area (Å²) >= 11 is 0. The van der Waals surface area contributed by atoms with Crippen molar-refractivity contribution >= 4 is 5.91 Å². The molecule has 0 aliphatic rings. The summed E-state index contributed by atoms with van der Waals surface area (Å²) < 4.78 is 47.4. The van der Waals surface area contributed by atoms with E-state index >= 15 is 0 Å². The lowest BCUT2D eigenvalue weighted by atomic mass is 10.1. The molecule has 0 aliphatic carbocycles. The van der Waals surface area contributed by atoms with E-state index < -0.39 is 18.6 Å². The lowest BCUT2D eigenvalue weighted by Crippen LogP contribution is -2.38. The Morgan fingerprint density at radius 2 is 1.68 bits per heavy atom. The van der Waals surface area contributed by atoms with Crippen LogP contribution in [0.2, 0.25) is 0 Å². The maximum absolute atomic E-state index is 12.4. The summed E-state index contributed by atoms with van der Waals surface area (Å²) in [5.41, 5.74) is 0.771. The quantitative estimate of drug-likeness (QED) is 0.775. The molecule has 0 aromatic heterocycles. The Labute approximate surface area is 127 Å². The van der Waals surface area contributed by atoms with Gasteiger partial charge in [-0.25, -0.2) is 0 Å². The molecular weight excluding hydrogens is 299 g/mol. The van der Waals surface area contributed by atoms with Gasteiger partial charge in [0.05, 0.1) is 14.2 Å². The summed E-state index contributed by atoms with van der Waals surface area (Å²) in [5.74, 6) is 0.621. The van der Waals surface area contributed by atoms with E-state index in [2.05, 4.69) is 0 Å². The predicted octanol–water partition coefficient (Wildman–Crippen LogP) is 3.05. The zero-order valence-electron chi connectivity index (χ0n) is 12.9. The zero-order valence-corrected chi connectivity index (χ0v) is 12.9. The summed E-state index contributed by atoms with van der Waals surface area (Å²) in [6, 6.07) is 5.15. The van der Waals surface area contributed by atoms with Crippen LogP contribution in [0.5, 0.6) is 11.5 Å². The number of alkyl halides is 3. The average molecular weight is 319 g/mol. The van der Waals surface area contributed by atoms with Crippen molar-refractivity contribution in [3.63, 3.8) is 0 Å². The average Bonchev–Trinajstić information content (AvgIpc) is 2.48. The fraction of sp³-hybridized carbons (Fsp3) is 0.533. The van der Waals surface area contributed by atoms with Gasteiger partial charge in [-0.3, -0.25) is 4.79 Å². The Morgan fingerprint density at radius 1 is 1.14 bits per heavy atom. The number of carbonyl (C=O) groups is 1. The predicted molar refractivity (Wildman–Crippen MR) is 76.2 cm³/mol. The van der Waals surface area contributed by atoms with Crippen molar-refractivity contribution in [2.24, 2.45) is 0 Å². The third-order valence-electron chi connectivity index (χ3n) is 3.14. The van der Waals surface area contributed by atoms with Crippen molar-refractivity contribution in [1.29, 1.82) is 0 Å². The molecule has 1 aromatic carbocycles. The molecule has 0 radical (unpaired) electrons. The van der Waals surface area contributed by atoms with Gasteiger partial charge in [-0.15, -0.1) is 0 Å². The van der Waals surface area contributed by atoms with Gasteiger partial charge in [-0.2, -0.15) is 13.2 Å². The fourth-order valence-corrected chi connectivity index (χ4v) is 2.01. The number of halogens is 3. The molecule has 0 saturated carbocycles. The minimum absolute atomic E-state index is 0.000240. The third kappa shape index (κ3) is 5.83. The maximum atomic E-state index is 12.4. The third-order valence-corrected chi connectivity index (χ3v) is 3.14. The Balaban J connectivity index is 2.70. The van der Waals surface area contributed by atoms with Crippen molar-refractivity contribution in [2.75, 3.05) is 27.3 Å². The number of hydrogen-bond acceptors (Lipinski definition) is 3. The van der Waals surface area contributed by atoms with Crippen molar-refractivity contribution in [3.8, 4) is 11.5 Å². The van der Waals surface area contributed by atoms with Crippen LogP contribution in [0.1, 0.15) is 18.9 Å². The van der Waals surface area contributed by atoms with Crippen LogP contribution in [0.3, 0.4) is 0 Å². The highest BCUT2D eigenvalue weighted by Gasteiger charge is 2.32. The summed E-state index contributed by atoms with van der Waals surface area (Å²) in [7, 11) is 3.01. The van der Waals surface area contributed by atoms with Gasteiger partial charge >= 0.3 is 6.18 Å². The molecule has 0 aliphatic heterocycles. The minimum Gasteiger partial charge on any atom is -0.497 e. The number of ether oxygens (including phenoxy) is 2. The normalized spacial score (nSPS) is 11.2. The van der Waals surface area contributed by atoms with E-state index in [-0.39, 0.29) is 13.0 Å². The van der Waals surface area contributed by atoms with Gasteiger partial charge in [0.1, 0.15) is 18.0 Å². The van der Waals surface area contributed by atoms with Crippen LogP contribution < -0.4 is 9.47 Å². The van der Waals surface area contributed by atoms with Gasteiger partial charge in [-0.1, -0.05) is 0 Å². The number of nitrogens with zero attached hydrogens (tertiary/aromatic N) is 1. The fourth-order valence-electron chi connectivity index (χ4n) is 2.01. The Bertz CT molecular complexity index is 481. The molecule has 4 nitrogen and oxygen atoms in total. The van der Waals surface area contributed by atoms with E-state index in [1.807, 2.05) is 0 Å². The van der Waals surface area contributed by atoms with Gasteiger partial charge < -0.3 is 14.4 Å². The minimum atomic E-state index is -4.38. The number of hydrogen-bond donors (Lipinski definition) is 0. The van der Waals surface area contributed by atoms with E-state index in [9.17, 15) is 18.0 Å². The van der Waals surface area contributed by atoms with Crippen LogP contribution in [0, 0.1) is 0 Å². The van der Waals surface area contributed by atoms with E-state index in [1.165, 1.54) is 21.1 Å². The SMILES string of the molecule is CCN(CC(F)(F)F)C(=O)CCc1cc(OC)cc(OC)c1. The Morgan fingerprint density at radius 3 is 2.09 bits per heavy atom. The first-order chi connectivity index (χ1) is 10.3. The molecule has 0 spiro atoms. The molecule has 1 aromatic rings. The van der Waals surface area contributed by atoms with Crippen LogP contribution in [0.4, 0.5) is 13.2 Å². The van der Waals surface area contributed by atoms with Gasteiger partial charge in [0.25, 0.3) is 0 Å². The summed E-state index contributed by atoms with van der Waals surface area (Å²) in [6.45, 7) is 0.335. The molecule has 124 valence electrons. The summed E-state index contributed by atoms with van der Waals surface area (Å²) in [4.78, 5) is 12.7. The Kier molecular flexibility index (Phi) is 6.52. The number of aryl methyl sites for hydroxylation is 1. The molecule has 1 amide bonds. The standard InChI is InChI=1S/C15H20F3NO3/c1-4-19(10-15(16,17)18)14(20)6-5-11-7-12(21-2)9-13(8-11)22-3/h7-9H,4-6,10H2,1-3H3. The first-order valence-corrected chi connectivity index (χ1v) is 6.85. The lowest BCUT2D eigenvalue weighted by molar-refractivity contribution is -0.160. The second-order valence-electron chi connectivity index (χ2n) is 4.74. The number of amides is 1. The first-order valence-electron chi connectivity index (χ1n) is 6.85. The van der Waals surface area contributed by atoms with E-state index in [0.29, 0.717) is 17.9 Å². The molecule has 22 heavy (non-hydrogen) atoms. The number of carbonyl (C=O) groups excluding carboxylic acids is 1. The molecule has 0 atom stereocenters. The highest BCUT2D eigenvalue weighted by molar-refractivity contribution is 5.76. The van der Waals surface area contributed by atoms with Gasteiger partial charge in [0.2, 0.25) is 5.91 Å². The maximum Gasteiger partial charge on any atom is 0.406 e. The molecule has 7 heteroatoms. The molecule has 0 heterocycles. The summed E-state index contributed by atoms with van der Waals surface area (Å²) in [5, 5.41) is 0. The second kappa shape index (κ2) is 7.91. The van der Waals surface area contributed by atoms with Crippen molar-refractivity contribution in [3.05, 3.63) is 23.8 Å². The van der Waals surface area contributed by atoms with Crippen LogP contribution in [-0.2, 0) is 11.2 Å². The molecule has 0 bridgehead atoms. The largest absolute Gasteiger partial charge is 0.497 e. The highest BCUT2D eigenvalue weighted by atomic mass is 19.4. The highest BCUT2D eigenvalue weighted by Crippen LogP contribution is 2.23. The second-order valence-corrected chi connectivity index (χ2v) is 4.74. The van der Waals surface area contributed by atoms with Crippen LogP contribution in [0.15, 0.2) is 18.2 Å². The molecule has 0 saturated heterocycles. The zero-order chi connectivity index (χ0) is 16.8. The molecule has 0 N–H and O–H groups in total. The topological polar surface area (TPSA) is 38.8 Å². The van der Waals surface area contributed by atoms with Crippen LogP contribution in [-0.4, -0.2) is 44.3 Å². The number of benzene rings is 1. The molecular formula is C15H20F3NO3. The molecule has 1 rings (SSSR count). The van der Waals surface area contributed by atoms with E-state index in [1.54, 1.807) is 18.2 Å². The van der Waals surface area contributed by atoms with Crippen molar-refractivity contribution in [2.45, 2.75) is 25.9 Å². The van der Waals surface area contributed by atoms with E-state index in [0.717, 1.165) is 10.5 Å². The first kappa shape index (κ1) is 18.1. The Hall–Kier alpha value is -1.92. The summed E-state index contributed by atoms with van der Waals surface area (Å²) in [6.07, 6.45) is -4.06. The van der Waals surface area contributed by atoms with Crippen LogP contribution in [0.25, 0.3) is 0 Å². The van der Waals surface area contributed by atoms with E-state index in [4.69, 9.17) is 9.47 Å². The monoisotopic (exact) mass is 319 g/mol. The molecule has 0 fully saturated rings. The molecule has 0 unspecified atom stereocenters. The van der Waals surface area contributed by atoms with Gasteiger partial charge in [0, 0.05) is 19.0 Å². The van der Waals surface area contributed by atoms with Crippen molar-refractivity contribution < 1.29 is 27.4 Å². The smallest absolute Gasteiger partial charge is 0.406 e. The van der Waals surface area contributed by atoms with Gasteiger partial charge in [-0.05, 0) is 31.0 Å². The number of rotatable bonds is 7. The van der Waals surface area contributed by atoms with Crippen LogP contribution >= 0.6 is 0 Å². The van der Waals surface area contributed by atoms with Gasteiger partial charge in [0.15, 0.2) is 0 Å². The van der Waals surface area contributed by atoms with Crippen molar-refractivity contribution in [1.82, 2.24) is 4.90 Å². The lowest BCUT2D eigenvalue weighted by Gasteiger charge is -2.22. The number of methoxy groups -OCH3 is 2.